The minimum atomic E-state index is 0.262. The van der Waals surface area contributed by atoms with E-state index in [9.17, 15) is 5.11 Å². The van der Waals surface area contributed by atoms with Gasteiger partial charge in [-0.15, -0.1) is 0 Å². The molecule has 0 aliphatic carbocycles. The van der Waals surface area contributed by atoms with Crippen LogP contribution >= 0.6 is 0 Å². The van der Waals surface area contributed by atoms with Crippen LogP contribution in [0.4, 0.5) is 0 Å². The average molecular weight is 264 g/mol. The molecule has 100 valence electrons. The molecule has 0 aliphatic heterocycles. The highest BCUT2D eigenvalue weighted by Gasteiger charge is 2.07. The number of fused-ring (bicyclic) bond motifs is 1. The fourth-order valence-electron chi connectivity index (χ4n) is 2.25. The molecule has 20 heavy (non-hydrogen) atoms. The number of nitrogens with zero attached hydrogens (tertiary/aromatic N) is 2. The number of pyridine rings is 1. The molecule has 3 heteroatoms. The Morgan fingerprint density at radius 1 is 1.20 bits per heavy atom. The summed E-state index contributed by atoms with van der Waals surface area (Å²) in [5, 5.41) is 10.2. The van der Waals surface area contributed by atoms with E-state index < -0.39 is 0 Å². The first-order valence-corrected chi connectivity index (χ1v) is 6.62. The summed E-state index contributed by atoms with van der Waals surface area (Å²) >= 11 is 0. The van der Waals surface area contributed by atoms with Crippen molar-refractivity contribution in [2.75, 3.05) is 0 Å². The second kappa shape index (κ2) is 5.21. The molecule has 0 amide bonds. The third-order valence-electron chi connectivity index (χ3n) is 3.25. The minimum absolute atomic E-state index is 0.262. The SMILES string of the molecule is Cc1cn2ccc(C/C=C/c3ccccc3)c(O)c2n1. The van der Waals surface area contributed by atoms with E-state index in [2.05, 4.69) is 29.3 Å². The summed E-state index contributed by atoms with van der Waals surface area (Å²) in [6.07, 6.45) is 8.62. The Bertz CT molecular complexity index is 757. The van der Waals surface area contributed by atoms with Crippen molar-refractivity contribution in [1.82, 2.24) is 9.38 Å². The maximum atomic E-state index is 10.2. The van der Waals surface area contributed by atoms with E-state index >= 15 is 0 Å². The van der Waals surface area contributed by atoms with Gasteiger partial charge in [0.25, 0.3) is 0 Å². The summed E-state index contributed by atoms with van der Waals surface area (Å²) in [6, 6.07) is 12.1. The molecular weight excluding hydrogens is 248 g/mol. The second-order valence-electron chi connectivity index (χ2n) is 4.82. The molecule has 2 heterocycles. The number of rotatable bonds is 3. The standard InChI is InChI=1S/C17H16N2O/c1-13-12-19-11-10-15(16(20)17(19)18-13)9-5-8-14-6-3-2-4-7-14/h2-8,10-12,20H,9H2,1H3/b8-5+. The Hall–Kier alpha value is -2.55. The van der Waals surface area contributed by atoms with E-state index in [-0.39, 0.29) is 5.75 Å². The highest BCUT2D eigenvalue weighted by molar-refractivity contribution is 5.59. The van der Waals surface area contributed by atoms with Crippen LogP contribution in [0.2, 0.25) is 0 Å². The number of aromatic hydroxyl groups is 1. The summed E-state index contributed by atoms with van der Waals surface area (Å²) in [6.45, 7) is 1.92. The van der Waals surface area contributed by atoms with E-state index in [1.54, 1.807) is 0 Å². The zero-order valence-electron chi connectivity index (χ0n) is 11.3. The van der Waals surface area contributed by atoms with E-state index in [0.29, 0.717) is 12.1 Å². The molecule has 0 radical (unpaired) electrons. The predicted octanol–water partition coefficient (Wildman–Crippen LogP) is 3.60. The molecule has 1 N–H and O–H groups in total. The lowest BCUT2D eigenvalue weighted by molar-refractivity contribution is 0.472. The molecule has 1 aromatic carbocycles. The summed E-state index contributed by atoms with van der Waals surface area (Å²) in [5.74, 6) is 0.262. The fraction of sp³-hybridized carbons (Fsp3) is 0.118. The van der Waals surface area contributed by atoms with Crippen LogP contribution in [-0.4, -0.2) is 14.5 Å². The summed E-state index contributed by atoms with van der Waals surface area (Å²) < 4.78 is 1.84. The van der Waals surface area contributed by atoms with Gasteiger partial charge in [0.2, 0.25) is 0 Å². The molecule has 3 rings (SSSR count). The monoisotopic (exact) mass is 264 g/mol. The lowest BCUT2D eigenvalue weighted by atomic mass is 10.1. The Morgan fingerprint density at radius 2 is 2.00 bits per heavy atom. The van der Waals surface area contributed by atoms with Crippen molar-refractivity contribution in [3.8, 4) is 5.75 Å². The summed E-state index contributed by atoms with van der Waals surface area (Å²) in [7, 11) is 0. The van der Waals surface area contributed by atoms with Crippen LogP contribution in [0.1, 0.15) is 16.8 Å². The highest BCUT2D eigenvalue weighted by atomic mass is 16.3. The number of hydrogen-bond donors (Lipinski definition) is 1. The van der Waals surface area contributed by atoms with E-state index in [1.165, 1.54) is 0 Å². The van der Waals surface area contributed by atoms with Crippen molar-refractivity contribution in [2.24, 2.45) is 0 Å². The Labute approximate surface area is 117 Å². The van der Waals surface area contributed by atoms with Gasteiger partial charge in [0.15, 0.2) is 11.4 Å². The Morgan fingerprint density at radius 3 is 2.80 bits per heavy atom. The van der Waals surface area contributed by atoms with E-state index in [4.69, 9.17) is 0 Å². The van der Waals surface area contributed by atoms with Gasteiger partial charge in [-0.05, 0) is 25.0 Å². The van der Waals surface area contributed by atoms with Crippen molar-refractivity contribution >= 4 is 11.7 Å². The van der Waals surface area contributed by atoms with E-state index in [0.717, 1.165) is 16.8 Å². The molecule has 3 nitrogen and oxygen atoms in total. The molecule has 2 aromatic heterocycles. The second-order valence-corrected chi connectivity index (χ2v) is 4.82. The molecule has 0 bridgehead atoms. The number of imidazole rings is 1. The maximum Gasteiger partial charge on any atom is 0.179 e. The third kappa shape index (κ3) is 2.43. The van der Waals surface area contributed by atoms with Crippen LogP contribution in [0.3, 0.4) is 0 Å². The van der Waals surface area contributed by atoms with Gasteiger partial charge in [0, 0.05) is 18.0 Å². The van der Waals surface area contributed by atoms with Crippen molar-refractivity contribution in [2.45, 2.75) is 13.3 Å². The molecular formula is C17H16N2O. The van der Waals surface area contributed by atoms with Crippen molar-refractivity contribution in [3.05, 3.63) is 71.7 Å². The largest absolute Gasteiger partial charge is 0.504 e. The molecule has 0 spiro atoms. The van der Waals surface area contributed by atoms with Crippen LogP contribution in [0.25, 0.3) is 11.7 Å². The van der Waals surface area contributed by atoms with Gasteiger partial charge in [0.1, 0.15) is 0 Å². The molecule has 0 unspecified atom stereocenters. The number of allylic oxidation sites excluding steroid dienone is 1. The van der Waals surface area contributed by atoms with Gasteiger partial charge >= 0.3 is 0 Å². The van der Waals surface area contributed by atoms with Crippen LogP contribution in [0.15, 0.2) is 54.9 Å². The number of aryl methyl sites for hydroxylation is 1. The smallest absolute Gasteiger partial charge is 0.179 e. The highest BCUT2D eigenvalue weighted by Crippen LogP contribution is 2.23. The Balaban J connectivity index is 1.84. The zero-order valence-corrected chi connectivity index (χ0v) is 11.3. The first-order chi connectivity index (χ1) is 9.74. The van der Waals surface area contributed by atoms with Crippen LogP contribution < -0.4 is 0 Å². The van der Waals surface area contributed by atoms with Gasteiger partial charge < -0.3 is 9.51 Å². The first-order valence-electron chi connectivity index (χ1n) is 6.62. The third-order valence-corrected chi connectivity index (χ3v) is 3.25. The lowest BCUT2D eigenvalue weighted by Crippen LogP contribution is -1.89. The van der Waals surface area contributed by atoms with Gasteiger partial charge in [-0.25, -0.2) is 4.98 Å². The van der Waals surface area contributed by atoms with Crippen LogP contribution in [-0.2, 0) is 6.42 Å². The number of hydrogen-bond acceptors (Lipinski definition) is 2. The predicted molar refractivity (Wildman–Crippen MR) is 80.8 cm³/mol. The molecule has 0 saturated heterocycles. The normalized spacial score (nSPS) is 11.4. The Kier molecular flexibility index (Phi) is 3.25. The van der Waals surface area contributed by atoms with Crippen LogP contribution in [0.5, 0.6) is 5.75 Å². The van der Waals surface area contributed by atoms with E-state index in [1.807, 2.05) is 48.0 Å². The first kappa shape index (κ1) is 12.5. The van der Waals surface area contributed by atoms with Gasteiger partial charge in [0.05, 0.1) is 5.69 Å². The molecule has 3 aromatic rings. The van der Waals surface area contributed by atoms with Gasteiger partial charge in [-0.1, -0.05) is 42.5 Å². The van der Waals surface area contributed by atoms with Crippen molar-refractivity contribution in [1.29, 1.82) is 0 Å². The molecule has 0 aliphatic rings. The minimum Gasteiger partial charge on any atom is -0.504 e. The maximum absolute atomic E-state index is 10.2. The zero-order chi connectivity index (χ0) is 13.9. The summed E-state index contributed by atoms with van der Waals surface area (Å²) in [5.41, 5.74) is 3.56. The molecule has 0 atom stereocenters. The van der Waals surface area contributed by atoms with Crippen molar-refractivity contribution < 1.29 is 5.11 Å². The summed E-state index contributed by atoms with van der Waals surface area (Å²) in [4.78, 5) is 4.33. The number of aromatic nitrogens is 2. The quantitative estimate of drug-likeness (QED) is 0.784. The van der Waals surface area contributed by atoms with Crippen molar-refractivity contribution in [3.63, 3.8) is 0 Å². The van der Waals surface area contributed by atoms with Crippen LogP contribution in [0, 0.1) is 6.92 Å². The topological polar surface area (TPSA) is 37.5 Å². The average Bonchev–Trinajstić information content (AvgIpc) is 2.84. The number of benzene rings is 1. The molecule has 0 fully saturated rings. The fourth-order valence-corrected chi connectivity index (χ4v) is 2.25. The van der Waals surface area contributed by atoms with Gasteiger partial charge in [-0.3, -0.25) is 0 Å². The van der Waals surface area contributed by atoms with Gasteiger partial charge in [-0.2, -0.15) is 0 Å². The lowest BCUT2D eigenvalue weighted by Gasteiger charge is -2.03. The molecule has 0 saturated carbocycles.